The summed E-state index contributed by atoms with van der Waals surface area (Å²) in [5.41, 5.74) is 1.84. The van der Waals surface area contributed by atoms with Gasteiger partial charge in [0.2, 0.25) is 0 Å². The smallest absolute Gasteiger partial charge is 0.254 e. The van der Waals surface area contributed by atoms with Gasteiger partial charge in [-0.2, -0.15) is 0 Å². The first kappa shape index (κ1) is 30.0. The Bertz CT molecular complexity index is 1050. The number of hydrogen-bond acceptors (Lipinski definition) is 6. The molecule has 1 aliphatic carbocycles. The second kappa shape index (κ2) is 15.7. The van der Waals surface area contributed by atoms with Crippen LogP contribution in [0.2, 0.25) is 0 Å². The average molecular weight is 550 g/mol. The van der Waals surface area contributed by atoms with Gasteiger partial charge >= 0.3 is 0 Å². The number of nitrogens with one attached hydrogen (secondary N) is 2. The summed E-state index contributed by atoms with van der Waals surface area (Å²) < 4.78 is 0. The molecule has 2 heterocycles. The van der Waals surface area contributed by atoms with E-state index in [1.165, 1.54) is 57.2 Å². The maximum absolute atomic E-state index is 13.5. The van der Waals surface area contributed by atoms with Gasteiger partial charge < -0.3 is 24.9 Å². The third kappa shape index (κ3) is 8.49. The molecular weight excluding hydrogens is 502 g/mol. The van der Waals surface area contributed by atoms with Crippen LogP contribution in [0.3, 0.4) is 0 Å². The van der Waals surface area contributed by atoms with Crippen molar-refractivity contribution < 1.29 is 9.90 Å². The Morgan fingerprint density at radius 1 is 0.825 bits per heavy atom. The van der Waals surface area contributed by atoms with E-state index in [-0.39, 0.29) is 12.5 Å². The number of rotatable bonds is 16. The second-order valence-electron chi connectivity index (χ2n) is 11.0. The predicted octanol–water partition coefficient (Wildman–Crippen LogP) is 4.59. The Kier molecular flexibility index (Phi) is 11.8. The molecule has 218 valence electrons. The molecule has 0 bridgehead atoms. The van der Waals surface area contributed by atoms with Crippen molar-refractivity contribution in [3.8, 4) is 0 Å². The summed E-state index contributed by atoms with van der Waals surface area (Å²) >= 11 is 0. The number of aromatic nitrogens is 4. The van der Waals surface area contributed by atoms with E-state index in [1.807, 2.05) is 12.1 Å². The van der Waals surface area contributed by atoms with Crippen LogP contribution in [0.15, 0.2) is 49.1 Å². The van der Waals surface area contributed by atoms with Gasteiger partial charge in [0.05, 0.1) is 13.1 Å². The number of carbonyl (C=O) groups excluding carboxylic acids is 1. The minimum atomic E-state index is -0.0569. The first-order chi connectivity index (χ1) is 19.6. The Hall–Kier alpha value is -3.01. The number of aliphatic hydroxyl groups excluding tert-OH is 1. The number of benzene rings is 1. The van der Waals surface area contributed by atoms with Crippen molar-refractivity contribution >= 4 is 5.91 Å². The molecule has 2 aromatic heterocycles. The number of amides is 1. The fraction of sp³-hybridized carbons (Fsp3) is 0.581. The molecule has 1 fully saturated rings. The molecule has 0 radical (unpaired) electrons. The number of H-pyrrole nitrogens is 2. The number of aliphatic hydroxyl groups is 1. The quantitative estimate of drug-likeness (QED) is 0.241. The van der Waals surface area contributed by atoms with E-state index in [4.69, 9.17) is 0 Å². The van der Waals surface area contributed by atoms with Gasteiger partial charge in [0.25, 0.3) is 5.91 Å². The molecule has 0 saturated heterocycles. The summed E-state index contributed by atoms with van der Waals surface area (Å²) in [7, 11) is 0. The lowest BCUT2D eigenvalue weighted by molar-refractivity contribution is 0.0721. The minimum absolute atomic E-state index is 0.0569. The van der Waals surface area contributed by atoms with E-state index in [9.17, 15) is 9.90 Å². The largest absolute Gasteiger partial charge is 0.396 e. The van der Waals surface area contributed by atoms with Gasteiger partial charge in [0, 0.05) is 62.1 Å². The molecule has 4 rings (SSSR count). The second-order valence-corrected chi connectivity index (χ2v) is 11.0. The molecule has 3 N–H and O–H groups in total. The lowest BCUT2D eigenvalue weighted by Gasteiger charge is -2.41. The van der Waals surface area contributed by atoms with Crippen molar-refractivity contribution in [1.29, 1.82) is 0 Å². The molecule has 1 saturated carbocycles. The number of aromatic amines is 2. The molecule has 0 unspecified atom stereocenters. The Morgan fingerprint density at radius 2 is 1.38 bits per heavy atom. The summed E-state index contributed by atoms with van der Waals surface area (Å²) in [5.74, 6) is 1.41. The van der Waals surface area contributed by atoms with Crippen LogP contribution < -0.4 is 0 Å². The molecule has 1 amide bonds. The highest BCUT2D eigenvalue weighted by molar-refractivity contribution is 5.94. The van der Waals surface area contributed by atoms with Gasteiger partial charge in [0.15, 0.2) is 0 Å². The molecule has 0 spiro atoms. The standard InChI is InChI=1S/C31H47N7O2/c1-3-18-36(19-4-2)27-10-12-28(13-11-27)37(20-5-21-39)22-25-6-8-26(9-7-25)31(40)38(23-29-32-14-15-33-29)24-30-34-16-17-35-30/h6-9,14-17,27-28,39H,3-5,10-13,18-24H2,1-2H3,(H,32,33)(H,34,35). The van der Waals surface area contributed by atoms with Crippen molar-refractivity contribution in [1.82, 2.24) is 34.6 Å². The predicted molar refractivity (Wildman–Crippen MR) is 158 cm³/mol. The van der Waals surface area contributed by atoms with E-state index in [0.29, 0.717) is 30.7 Å². The molecule has 9 nitrogen and oxygen atoms in total. The van der Waals surface area contributed by atoms with Crippen LogP contribution in [0.4, 0.5) is 0 Å². The van der Waals surface area contributed by atoms with Crippen LogP contribution in [-0.4, -0.2) is 84.0 Å². The number of imidazole rings is 2. The normalized spacial score (nSPS) is 17.5. The third-order valence-corrected chi connectivity index (χ3v) is 7.99. The van der Waals surface area contributed by atoms with E-state index in [0.717, 1.165) is 31.2 Å². The number of hydrogen-bond donors (Lipinski definition) is 3. The molecule has 1 aromatic carbocycles. The molecule has 40 heavy (non-hydrogen) atoms. The lowest BCUT2D eigenvalue weighted by Crippen LogP contribution is -2.44. The molecule has 0 aliphatic heterocycles. The first-order valence-electron chi connectivity index (χ1n) is 15.0. The summed E-state index contributed by atoms with van der Waals surface area (Å²) in [6.07, 6.45) is 15.0. The maximum atomic E-state index is 13.5. The van der Waals surface area contributed by atoms with Crippen molar-refractivity contribution in [3.05, 3.63) is 71.8 Å². The highest BCUT2D eigenvalue weighted by Crippen LogP contribution is 2.28. The van der Waals surface area contributed by atoms with Gasteiger partial charge in [-0.1, -0.05) is 26.0 Å². The fourth-order valence-corrected chi connectivity index (χ4v) is 6.00. The first-order valence-corrected chi connectivity index (χ1v) is 15.0. The summed E-state index contributed by atoms with van der Waals surface area (Å²) in [4.78, 5) is 35.3. The molecular formula is C31H47N7O2. The summed E-state index contributed by atoms with van der Waals surface area (Å²) in [6.45, 7) is 9.63. The van der Waals surface area contributed by atoms with Gasteiger partial charge in [-0.25, -0.2) is 9.97 Å². The average Bonchev–Trinajstić information content (AvgIpc) is 3.70. The highest BCUT2D eigenvalue weighted by atomic mass is 16.3. The van der Waals surface area contributed by atoms with Crippen molar-refractivity contribution in [2.24, 2.45) is 0 Å². The maximum Gasteiger partial charge on any atom is 0.254 e. The van der Waals surface area contributed by atoms with Crippen LogP contribution in [0.1, 0.15) is 86.4 Å². The zero-order chi connectivity index (χ0) is 28.2. The van der Waals surface area contributed by atoms with Gasteiger partial charge in [-0.15, -0.1) is 0 Å². The van der Waals surface area contributed by atoms with Crippen molar-refractivity contribution in [2.45, 2.75) is 90.5 Å². The van der Waals surface area contributed by atoms with Crippen LogP contribution in [0.5, 0.6) is 0 Å². The SMILES string of the molecule is CCCN(CCC)C1CCC(N(CCCO)Cc2ccc(C(=O)N(Cc3ncc[nH]3)Cc3ncc[nH]3)cc2)CC1. The number of carbonyl (C=O) groups is 1. The van der Waals surface area contributed by atoms with E-state index in [1.54, 1.807) is 29.7 Å². The van der Waals surface area contributed by atoms with E-state index < -0.39 is 0 Å². The molecule has 1 aliphatic rings. The topological polar surface area (TPSA) is 104 Å². The molecule has 9 heteroatoms. The van der Waals surface area contributed by atoms with Crippen LogP contribution in [0, 0.1) is 0 Å². The monoisotopic (exact) mass is 549 g/mol. The fourth-order valence-electron chi connectivity index (χ4n) is 6.00. The van der Waals surface area contributed by atoms with Crippen molar-refractivity contribution in [3.63, 3.8) is 0 Å². The Morgan fingerprint density at radius 3 is 1.85 bits per heavy atom. The summed E-state index contributed by atoms with van der Waals surface area (Å²) in [6, 6.07) is 9.25. The third-order valence-electron chi connectivity index (χ3n) is 7.99. The lowest BCUT2D eigenvalue weighted by atomic mass is 9.88. The summed E-state index contributed by atoms with van der Waals surface area (Å²) in [5, 5.41) is 9.56. The van der Waals surface area contributed by atoms with E-state index in [2.05, 4.69) is 55.7 Å². The highest BCUT2D eigenvalue weighted by Gasteiger charge is 2.28. The van der Waals surface area contributed by atoms with Gasteiger partial charge in [0.1, 0.15) is 11.6 Å². The minimum Gasteiger partial charge on any atom is -0.396 e. The molecule has 3 aromatic rings. The van der Waals surface area contributed by atoms with Gasteiger partial charge in [-0.3, -0.25) is 9.69 Å². The van der Waals surface area contributed by atoms with Crippen LogP contribution in [-0.2, 0) is 19.6 Å². The van der Waals surface area contributed by atoms with Gasteiger partial charge in [-0.05, 0) is 75.7 Å². The zero-order valence-corrected chi connectivity index (χ0v) is 24.3. The molecule has 0 atom stereocenters. The number of nitrogens with zero attached hydrogens (tertiary/aromatic N) is 5. The van der Waals surface area contributed by atoms with E-state index >= 15 is 0 Å². The van der Waals surface area contributed by atoms with Crippen molar-refractivity contribution in [2.75, 3.05) is 26.2 Å². The van der Waals surface area contributed by atoms with Crippen LogP contribution >= 0.6 is 0 Å². The Balaban J connectivity index is 1.39. The van der Waals surface area contributed by atoms with Crippen LogP contribution in [0.25, 0.3) is 0 Å². The Labute approximate surface area is 239 Å². The zero-order valence-electron chi connectivity index (χ0n) is 24.3.